The minimum atomic E-state index is 0.608. The lowest BCUT2D eigenvalue weighted by atomic mass is 9.94. The summed E-state index contributed by atoms with van der Waals surface area (Å²) in [6, 6.07) is 10.7. The molecular weight excluding hydrogens is 198 g/mol. The lowest BCUT2D eigenvalue weighted by Crippen LogP contribution is -2.21. The molecule has 2 nitrogen and oxygen atoms in total. The molecule has 1 rings (SSSR count). The lowest BCUT2D eigenvalue weighted by Gasteiger charge is -2.17. The quantitative estimate of drug-likeness (QED) is 0.682. The molecule has 0 amide bonds. The van der Waals surface area contributed by atoms with Crippen LogP contribution in [0.5, 0.6) is 0 Å². The van der Waals surface area contributed by atoms with Crippen LogP contribution < -0.4 is 5.32 Å². The molecule has 0 aliphatic heterocycles. The molecule has 1 N–H and O–H groups in total. The van der Waals surface area contributed by atoms with Crippen LogP contribution in [0.1, 0.15) is 31.2 Å². The van der Waals surface area contributed by atoms with Gasteiger partial charge in [0.25, 0.3) is 0 Å². The summed E-state index contributed by atoms with van der Waals surface area (Å²) in [5.74, 6) is 0.608. The largest absolute Gasteiger partial charge is 0.385 e. The molecule has 0 aliphatic carbocycles. The third-order valence-electron chi connectivity index (χ3n) is 2.81. The first kappa shape index (κ1) is 13.2. The summed E-state index contributed by atoms with van der Waals surface area (Å²) in [6.07, 6.45) is 2.31. The van der Waals surface area contributed by atoms with E-state index in [4.69, 9.17) is 4.74 Å². The highest BCUT2D eigenvalue weighted by atomic mass is 16.5. The molecule has 0 saturated carbocycles. The fourth-order valence-corrected chi connectivity index (χ4v) is 1.90. The van der Waals surface area contributed by atoms with Crippen molar-refractivity contribution in [3.05, 3.63) is 35.9 Å². The third-order valence-corrected chi connectivity index (χ3v) is 2.81. The Morgan fingerprint density at radius 1 is 1.25 bits per heavy atom. The Morgan fingerprint density at radius 3 is 2.62 bits per heavy atom. The van der Waals surface area contributed by atoms with Gasteiger partial charge in [0.2, 0.25) is 0 Å². The minimum absolute atomic E-state index is 0.608. The summed E-state index contributed by atoms with van der Waals surface area (Å²) < 4.78 is 5.11. The summed E-state index contributed by atoms with van der Waals surface area (Å²) in [5.41, 5.74) is 1.43. The van der Waals surface area contributed by atoms with Crippen LogP contribution in [-0.4, -0.2) is 26.8 Å². The van der Waals surface area contributed by atoms with Gasteiger partial charge in [-0.05, 0) is 30.9 Å². The second-order valence-electron chi connectivity index (χ2n) is 4.05. The third kappa shape index (κ3) is 4.77. The van der Waals surface area contributed by atoms with Crippen molar-refractivity contribution in [1.29, 1.82) is 0 Å². The van der Waals surface area contributed by atoms with Gasteiger partial charge in [0, 0.05) is 20.3 Å². The van der Waals surface area contributed by atoms with Crippen molar-refractivity contribution >= 4 is 0 Å². The second-order valence-corrected chi connectivity index (χ2v) is 4.05. The van der Waals surface area contributed by atoms with Crippen LogP contribution in [0.4, 0.5) is 0 Å². The Kier molecular flexibility index (Phi) is 6.86. The maximum absolute atomic E-state index is 5.11. The Morgan fingerprint density at radius 2 is 2.00 bits per heavy atom. The molecule has 0 radical (unpaired) electrons. The van der Waals surface area contributed by atoms with Gasteiger partial charge in [-0.3, -0.25) is 0 Å². The van der Waals surface area contributed by atoms with Crippen LogP contribution in [0.25, 0.3) is 0 Å². The van der Waals surface area contributed by atoms with Crippen LogP contribution in [0.2, 0.25) is 0 Å². The van der Waals surface area contributed by atoms with Gasteiger partial charge in [0.05, 0.1) is 0 Å². The van der Waals surface area contributed by atoms with E-state index < -0.39 is 0 Å². The summed E-state index contributed by atoms with van der Waals surface area (Å²) in [6.45, 7) is 5.10. The van der Waals surface area contributed by atoms with Gasteiger partial charge < -0.3 is 10.1 Å². The van der Waals surface area contributed by atoms with E-state index in [1.165, 1.54) is 12.0 Å². The molecule has 0 spiro atoms. The standard InChI is InChI=1S/C14H23NO/c1-3-15-12-14(10-7-11-16-2)13-8-5-4-6-9-13/h4-6,8-9,14-15H,3,7,10-12H2,1-2H3. The molecule has 0 fully saturated rings. The van der Waals surface area contributed by atoms with Gasteiger partial charge in [-0.15, -0.1) is 0 Å². The first-order valence-corrected chi connectivity index (χ1v) is 6.13. The molecule has 0 heterocycles. The number of methoxy groups -OCH3 is 1. The summed E-state index contributed by atoms with van der Waals surface area (Å²) in [4.78, 5) is 0. The highest BCUT2D eigenvalue weighted by Crippen LogP contribution is 2.20. The Balaban J connectivity index is 2.49. The summed E-state index contributed by atoms with van der Waals surface area (Å²) in [5, 5.41) is 3.43. The van der Waals surface area contributed by atoms with Crippen LogP contribution in [0.15, 0.2) is 30.3 Å². The van der Waals surface area contributed by atoms with E-state index in [9.17, 15) is 0 Å². The van der Waals surface area contributed by atoms with Crippen LogP contribution >= 0.6 is 0 Å². The van der Waals surface area contributed by atoms with Crippen LogP contribution in [0.3, 0.4) is 0 Å². The normalized spacial score (nSPS) is 12.6. The molecule has 1 atom stereocenters. The zero-order valence-electron chi connectivity index (χ0n) is 10.4. The molecule has 0 bridgehead atoms. The minimum Gasteiger partial charge on any atom is -0.385 e. The average Bonchev–Trinajstić information content (AvgIpc) is 2.35. The predicted molar refractivity (Wildman–Crippen MR) is 68.8 cm³/mol. The molecule has 16 heavy (non-hydrogen) atoms. The number of hydrogen-bond donors (Lipinski definition) is 1. The van der Waals surface area contributed by atoms with Gasteiger partial charge in [-0.25, -0.2) is 0 Å². The Hall–Kier alpha value is -0.860. The van der Waals surface area contributed by atoms with E-state index in [1.54, 1.807) is 7.11 Å². The summed E-state index contributed by atoms with van der Waals surface area (Å²) in [7, 11) is 1.77. The Bertz CT molecular complexity index is 261. The lowest BCUT2D eigenvalue weighted by molar-refractivity contribution is 0.190. The van der Waals surface area contributed by atoms with Crippen molar-refractivity contribution < 1.29 is 4.74 Å². The van der Waals surface area contributed by atoms with E-state index in [1.807, 2.05) is 0 Å². The molecule has 0 saturated heterocycles. The molecule has 1 aromatic rings. The number of benzene rings is 1. The molecule has 2 heteroatoms. The van der Waals surface area contributed by atoms with E-state index in [-0.39, 0.29) is 0 Å². The zero-order valence-corrected chi connectivity index (χ0v) is 10.4. The molecule has 0 aromatic heterocycles. The zero-order chi connectivity index (χ0) is 11.6. The van der Waals surface area contributed by atoms with Crippen molar-refractivity contribution in [2.45, 2.75) is 25.7 Å². The van der Waals surface area contributed by atoms with Gasteiger partial charge >= 0.3 is 0 Å². The Labute approximate surface area is 99.0 Å². The molecule has 0 aliphatic rings. The van der Waals surface area contributed by atoms with Crippen LogP contribution in [-0.2, 0) is 4.74 Å². The molecule has 1 unspecified atom stereocenters. The van der Waals surface area contributed by atoms with Gasteiger partial charge in [-0.2, -0.15) is 0 Å². The van der Waals surface area contributed by atoms with E-state index in [0.29, 0.717) is 5.92 Å². The highest BCUT2D eigenvalue weighted by molar-refractivity contribution is 5.19. The van der Waals surface area contributed by atoms with Crippen molar-refractivity contribution in [1.82, 2.24) is 5.32 Å². The smallest absolute Gasteiger partial charge is 0.0462 e. The maximum atomic E-state index is 5.11. The fourth-order valence-electron chi connectivity index (χ4n) is 1.90. The first-order valence-electron chi connectivity index (χ1n) is 6.13. The highest BCUT2D eigenvalue weighted by Gasteiger charge is 2.09. The number of nitrogens with one attached hydrogen (secondary N) is 1. The molecule has 1 aromatic carbocycles. The SMILES string of the molecule is CCNCC(CCCOC)c1ccccc1. The number of rotatable bonds is 8. The van der Waals surface area contributed by atoms with Gasteiger partial charge in [0.15, 0.2) is 0 Å². The van der Waals surface area contributed by atoms with E-state index in [2.05, 4.69) is 42.6 Å². The van der Waals surface area contributed by atoms with Crippen molar-refractivity contribution in [3.8, 4) is 0 Å². The first-order chi connectivity index (χ1) is 7.88. The molecule has 90 valence electrons. The van der Waals surface area contributed by atoms with Gasteiger partial charge in [0.1, 0.15) is 0 Å². The monoisotopic (exact) mass is 221 g/mol. The van der Waals surface area contributed by atoms with Gasteiger partial charge in [-0.1, -0.05) is 37.3 Å². The summed E-state index contributed by atoms with van der Waals surface area (Å²) >= 11 is 0. The predicted octanol–water partition coefficient (Wildman–Crippen LogP) is 2.81. The topological polar surface area (TPSA) is 21.3 Å². The molecular formula is C14H23NO. The fraction of sp³-hybridized carbons (Fsp3) is 0.571. The number of ether oxygens (including phenoxy) is 1. The van der Waals surface area contributed by atoms with Crippen molar-refractivity contribution in [3.63, 3.8) is 0 Å². The van der Waals surface area contributed by atoms with E-state index >= 15 is 0 Å². The number of hydrogen-bond acceptors (Lipinski definition) is 2. The van der Waals surface area contributed by atoms with Crippen molar-refractivity contribution in [2.75, 3.05) is 26.8 Å². The number of likely N-dealkylation sites (N-methyl/N-ethyl adjacent to an activating group) is 1. The second kappa shape index (κ2) is 8.31. The maximum Gasteiger partial charge on any atom is 0.0462 e. The average molecular weight is 221 g/mol. The van der Waals surface area contributed by atoms with Crippen LogP contribution in [0, 0.1) is 0 Å². The van der Waals surface area contributed by atoms with E-state index in [0.717, 1.165) is 26.1 Å². The van der Waals surface area contributed by atoms with Crippen molar-refractivity contribution in [2.24, 2.45) is 0 Å².